The van der Waals surface area contributed by atoms with Crippen LogP contribution in [-0.4, -0.2) is 90.4 Å². The third-order valence-electron chi connectivity index (χ3n) is 6.07. The topological polar surface area (TPSA) is 123 Å². The van der Waals surface area contributed by atoms with E-state index in [2.05, 4.69) is 0 Å². The van der Waals surface area contributed by atoms with Crippen molar-refractivity contribution in [2.75, 3.05) is 40.4 Å². The number of nitrogens with zero attached hydrogens (tertiary/aromatic N) is 2. The molecule has 0 aliphatic carbocycles. The van der Waals surface area contributed by atoms with Crippen molar-refractivity contribution in [3.8, 4) is 0 Å². The van der Waals surface area contributed by atoms with Gasteiger partial charge in [0.15, 0.2) is 5.60 Å². The van der Waals surface area contributed by atoms with E-state index in [1.54, 1.807) is 68.7 Å². The number of carbonyl (C=O) groups is 4. The number of aliphatic hydroxyl groups is 1. The quantitative estimate of drug-likeness (QED) is 0.441. The van der Waals surface area contributed by atoms with Crippen molar-refractivity contribution in [2.45, 2.75) is 52.2 Å². The third kappa shape index (κ3) is 6.96. The van der Waals surface area contributed by atoms with Crippen LogP contribution in [0.25, 0.3) is 0 Å². The second kappa shape index (κ2) is 11.7. The lowest BCUT2D eigenvalue weighted by atomic mass is 9.76. The third-order valence-corrected chi connectivity index (χ3v) is 6.07. The summed E-state index contributed by atoms with van der Waals surface area (Å²) in [7, 11) is 2.34. The highest BCUT2D eigenvalue weighted by molar-refractivity contribution is 5.94. The highest BCUT2D eigenvalue weighted by atomic mass is 16.6. The average Bonchev–Trinajstić information content (AvgIpc) is 2.82. The van der Waals surface area contributed by atoms with E-state index < -0.39 is 41.1 Å². The van der Waals surface area contributed by atoms with E-state index in [4.69, 9.17) is 14.2 Å². The van der Waals surface area contributed by atoms with Crippen LogP contribution < -0.4 is 0 Å². The van der Waals surface area contributed by atoms with Crippen LogP contribution in [0.5, 0.6) is 0 Å². The van der Waals surface area contributed by atoms with Crippen LogP contribution in [0.1, 0.15) is 50.5 Å². The molecular weight excluding hydrogens is 468 g/mol. The molecule has 1 aromatic rings. The fourth-order valence-electron chi connectivity index (χ4n) is 4.31. The van der Waals surface area contributed by atoms with Crippen LogP contribution in [0, 0.1) is 11.8 Å². The largest absolute Gasteiger partial charge is 0.469 e. The van der Waals surface area contributed by atoms with Crippen LogP contribution in [0.3, 0.4) is 0 Å². The first-order valence-electron chi connectivity index (χ1n) is 12.0. The Morgan fingerprint density at radius 2 is 1.44 bits per heavy atom. The number of ether oxygens (including phenoxy) is 3. The van der Waals surface area contributed by atoms with Crippen LogP contribution in [-0.2, 0) is 30.2 Å². The standard InChI is InChI=1S/C26H38N2O8/c1-17(2)20(22(30)34-6)26(33,23(31)35-7)16-18-8-10-19(11-9-18)21(29)27-12-14-28(15-13-27)24(32)36-25(3,4)5/h8-11,17,20,33H,12-16H2,1-7H3. The van der Waals surface area contributed by atoms with Crippen molar-refractivity contribution in [1.29, 1.82) is 0 Å². The molecule has 2 unspecified atom stereocenters. The van der Waals surface area contributed by atoms with Gasteiger partial charge in [-0.05, 0) is 44.4 Å². The molecule has 10 nitrogen and oxygen atoms in total. The summed E-state index contributed by atoms with van der Waals surface area (Å²) in [6, 6.07) is 6.48. The zero-order chi connectivity index (χ0) is 27.3. The van der Waals surface area contributed by atoms with Gasteiger partial charge in [-0.1, -0.05) is 26.0 Å². The number of hydrogen-bond acceptors (Lipinski definition) is 8. The second-order valence-electron chi connectivity index (χ2n) is 10.3. The monoisotopic (exact) mass is 506 g/mol. The van der Waals surface area contributed by atoms with Gasteiger partial charge in [0.1, 0.15) is 5.60 Å². The minimum Gasteiger partial charge on any atom is -0.469 e. The van der Waals surface area contributed by atoms with E-state index >= 15 is 0 Å². The fraction of sp³-hybridized carbons (Fsp3) is 0.615. The maximum Gasteiger partial charge on any atom is 0.410 e. The Morgan fingerprint density at radius 3 is 1.89 bits per heavy atom. The van der Waals surface area contributed by atoms with Crippen molar-refractivity contribution in [1.82, 2.24) is 9.80 Å². The lowest BCUT2D eigenvalue weighted by Gasteiger charge is -2.35. The van der Waals surface area contributed by atoms with Crippen molar-refractivity contribution >= 4 is 23.9 Å². The molecular formula is C26H38N2O8. The molecule has 1 N–H and O–H groups in total. The summed E-state index contributed by atoms with van der Waals surface area (Å²) in [5.74, 6) is -3.38. The summed E-state index contributed by atoms with van der Waals surface area (Å²) in [5.41, 5.74) is -1.75. The van der Waals surface area contributed by atoms with Gasteiger partial charge in [-0.15, -0.1) is 0 Å². The maximum atomic E-state index is 13.0. The van der Waals surface area contributed by atoms with E-state index in [1.807, 2.05) is 0 Å². The van der Waals surface area contributed by atoms with E-state index in [1.165, 1.54) is 7.11 Å². The summed E-state index contributed by atoms with van der Waals surface area (Å²) in [6.45, 7) is 10.3. The van der Waals surface area contributed by atoms with Gasteiger partial charge in [0.25, 0.3) is 5.91 Å². The molecule has 0 spiro atoms. The minimum atomic E-state index is -2.14. The zero-order valence-corrected chi connectivity index (χ0v) is 22.2. The molecule has 0 bridgehead atoms. The van der Waals surface area contributed by atoms with Crippen molar-refractivity contribution in [2.24, 2.45) is 11.8 Å². The summed E-state index contributed by atoms with van der Waals surface area (Å²) < 4.78 is 15.0. The Labute approximate surface area is 212 Å². The van der Waals surface area contributed by atoms with Crippen molar-refractivity contribution in [3.63, 3.8) is 0 Å². The number of piperazine rings is 1. The minimum absolute atomic E-state index is 0.191. The zero-order valence-electron chi connectivity index (χ0n) is 22.2. The molecule has 200 valence electrons. The predicted octanol–water partition coefficient (Wildman–Crippen LogP) is 2.27. The molecule has 1 heterocycles. The second-order valence-corrected chi connectivity index (χ2v) is 10.3. The molecule has 0 aromatic heterocycles. The molecule has 10 heteroatoms. The first kappa shape index (κ1) is 29.1. The maximum absolute atomic E-state index is 13.0. The van der Waals surface area contributed by atoms with E-state index in [-0.39, 0.29) is 12.3 Å². The Morgan fingerprint density at radius 1 is 0.917 bits per heavy atom. The molecule has 2 rings (SSSR count). The molecule has 1 aliphatic heterocycles. The van der Waals surface area contributed by atoms with Gasteiger partial charge < -0.3 is 29.1 Å². The number of rotatable bonds is 7. The molecule has 0 saturated carbocycles. The molecule has 0 radical (unpaired) electrons. The van der Waals surface area contributed by atoms with Gasteiger partial charge in [-0.2, -0.15) is 0 Å². The van der Waals surface area contributed by atoms with Crippen LogP contribution in [0.2, 0.25) is 0 Å². The number of esters is 2. The Bertz CT molecular complexity index is 946. The predicted molar refractivity (Wildman–Crippen MR) is 131 cm³/mol. The highest BCUT2D eigenvalue weighted by Crippen LogP contribution is 2.31. The summed E-state index contributed by atoms with van der Waals surface area (Å²) >= 11 is 0. The lowest BCUT2D eigenvalue weighted by Crippen LogP contribution is -2.54. The fourth-order valence-corrected chi connectivity index (χ4v) is 4.31. The van der Waals surface area contributed by atoms with Crippen molar-refractivity contribution in [3.05, 3.63) is 35.4 Å². The Balaban J connectivity index is 2.11. The molecule has 1 aromatic carbocycles. The summed E-state index contributed by atoms with van der Waals surface area (Å²) in [6.07, 6.45) is -0.593. The summed E-state index contributed by atoms with van der Waals surface area (Å²) in [5, 5.41) is 11.3. The van der Waals surface area contributed by atoms with E-state index in [0.29, 0.717) is 37.3 Å². The lowest BCUT2D eigenvalue weighted by molar-refractivity contribution is -0.181. The van der Waals surface area contributed by atoms with Gasteiger partial charge in [-0.25, -0.2) is 9.59 Å². The van der Waals surface area contributed by atoms with Crippen molar-refractivity contribution < 1.29 is 38.5 Å². The van der Waals surface area contributed by atoms with Crippen LogP contribution in [0.15, 0.2) is 24.3 Å². The van der Waals surface area contributed by atoms with Gasteiger partial charge in [0, 0.05) is 38.2 Å². The Hall–Kier alpha value is -3.14. The van der Waals surface area contributed by atoms with Gasteiger partial charge in [0.05, 0.1) is 20.1 Å². The average molecular weight is 507 g/mol. The SMILES string of the molecule is COC(=O)C(C(C)C)C(O)(Cc1ccc(C(=O)N2CCN(C(=O)OC(C)(C)C)CC2)cc1)C(=O)OC. The smallest absolute Gasteiger partial charge is 0.410 e. The Kier molecular flexibility index (Phi) is 9.48. The normalized spacial score (nSPS) is 16.7. The van der Waals surface area contributed by atoms with Gasteiger partial charge >= 0.3 is 18.0 Å². The highest BCUT2D eigenvalue weighted by Gasteiger charge is 2.51. The van der Waals surface area contributed by atoms with Crippen LogP contribution >= 0.6 is 0 Å². The van der Waals surface area contributed by atoms with Crippen LogP contribution in [0.4, 0.5) is 4.79 Å². The molecule has 36 heavy (non-hydrogen) atoms. The number of methoxy groups -OCH3 is 2. The summed E-state index contributed by atoms with van der Waals surface area (Å²) in [4.78, 5) is 53.4. The van der Waals surface area contributed by atoms with Gasteiger partial charge in [-0.3, -0.25) is 9.59 Å². The number of hydrogen-bond donors (Lipinski definition) is 1. The number of carbonyl (C=O) groups excluding carboxylic acids is 4. The van der Waals surface area contributed by atoms with Gasteiger partial charge in [0.2, 0.25) is 0 Å². The molecule has 1 aliphatic rings. The first-order valence-corrected chi connectivity index (χ1v) is 12.0. The molecule has 1 fully saturated rings. The number of amides is 2. The van der Waals surface area contributed by atoms with E-state index in [9.17, 15) is 24.3 Å². The molecule has 2 atom stereocenters. The molecule has 2 amide bonds. The van der Waals surface area contributed by atoms with E-state index in [0.717, 1.165) is 7.11 Å². The first-order chi connectivity index (χ1) is 16.7. The molecule has 1 saturated heterocycles. The number of benzene rings is 1.